The largest absolute Gasteiger partial charge is 0.456 e. The highest BCUT2D eigenvalue weighted by Gasteiger charge is 2.35. The van der Waals surface area contributed by atoms with Crippen molar-refractivity contribution in [3.63, 3.8) is 0 Å². The molecule has 0 aromatic heterocycles. The standard InChI is InChI=1S/C11H16O4/c1-2-11(12)15-10(6-8-7-14-8)9-4-3-5-13-9/h2,8-10H,1,3-7H2. The highest BCUT2D eigenvalue weighted by atomic mass is 16.6. The molecule has 4 heteroatoms. The normalized spacial score (nSPS) is 30.9. The summed E-state index contributed by atoms with van der Waals surface area (Å²) < 4.78 is 15.9. The summed E-state index contributed by atoms with van der Waals surface area (Å²) in [7, 11) is 0. The molecule has 2 heterocycles. The zero-order chi connectivity index (χ0) is 10.7. The Hall–Kier alpha value is -0.870. The number of carbonyl (C=O) groups excluding carboxylic acids is 1. The Bertz CT molecular complexity index is 241. The van der Waals surface area contributed by atoms with Crippen LogP contribution in [-0.2, 0) is 19.0 Å². The molecule has 4 nitrogen and oxygen atoms in total. The second-order valence-corrected chi connectivity index (χ2v) is 3.92. The molecule has 0 saturated carbocycles. The van der Waals surface area contributed by atoms with Crippen molar-refractivity contribution in [3.8, 4) is 0 Å². The molecule has 2 fully saturated rings. The van der Waals surface area contributed by atoms with Gasteiger partial charge in [-0.1, -0.05) is 6.58 Å². The summed E-state index contributed by atoms with van der Waals surface area (Å²) in [5.74, 6) is -0.379. The van der Waals surface area contributed by atoms with Crippen LogP contribution < -0.4 is 0 Å². The molecule has 84 valence electrons. The van der Waals surface area contributed by atoms with Crippen LogP contribution >= 0.6 is 0 Å². The van der Waals surface area contributed by atoms with E-state index in [4.69, 9.17) is 14.2 Å². The van der Waals surface area contributed by atoms with Crippen LogP contribution in [-0.4, -0.2) is 37.5 Å². The maximum absolute atomic E-state index is 11.1. The topological polar surface area (TPSA) is 48.1 Å². The van der Waals surface area contributed by atoms with Crippen LogP contribution in [0.3, 0.4) is 0 Å². The summed E-state index contributed by atoms with van der Waals surface area (Å²) >= 11 is 0. The third kappa shape index (κ3) is 3.04. The van der Waals surface area contributed by atoms with E-state index in [2.05, 4.69) is 6.58 Å². The van der Waals surface area contributed by atoms with Crippen LogP contribution in [0, 0.1) is 0 Å². The molecule has 0 spiro atoms. The van der Waals surface area contributed by atoms with Gasteiger partial charge in [-0.2, -0.15) is 0 Å². The molecule has 2 aliphatic heterocycles. The molecule has 0 aliphatic carbocycles. The van der Waals surface area contributed by atoms with E-state index in [9.17, 15) is 4.79 Å². The molecule has 2 aliphatic rings. The van der Waals surface area contributed by atoms with Crippen molar-refractivity contribution in [2.45, 2.75) is 37.6 Å². The smallest absolute Gasteiger partial charge is 0.330 e. The van der Waals surface area contributed by atoms with Crippen LogP contribution in [0.15, 0.2) is 12.7 Å². The van der Waals surface area contributed by atoms with Gasteiger partial charge in [-0.3, -0.25) is 0 Å². The van der Waals surface area contributed by atoms with Crippen molar-refractivity contribution in [2.75, 3.05) is 13.2 Å². The molecule has 0 aromatic carbocycles. The Kier molecular flexibility index (Phi) is 3.38. The van der Waals surface area contributed by atoms with Crippen LogP contribution in [0.2, 0.25) is 0 Å². The molecule has 3 atom stereocenters. The van der Waals surface area contributed by atoms with Gasteiger partial charge in [0.05, 0.1) is 18.8 Å². The molecule has 2 saturated heterocycles. The molecule has 0 N–H and O–H groups in total. The molecule has 2 rings (SSSR count). The Morgan fingerprint density at radius 1 is 1.60 bits per heavy atom. The third-order valence-corrected chi connectivity index (χ3v) is 2.71. The van der Waals surface area contributed by atoms with Crippen LogP contribution in [0.25, 0.3) is 0 Å². The van der Waals surface area contributed by atoms with Gasteiger partial charge in [-0.05, 0) is 12.8 Å². The maximum atomic E-state index is 11.1. The predicted octanol–water partition coefficient (Wildman–Crippen LogP) is 1.05. The van der Waals surface area contributed by atoms with E-state index in [1.807, 2.05) is 0 Å². The Morgan fingerprint density at radius 2 is 2.40 bits per heavy atom. The maximum Gasteiger partial charge on any atom is 0.330 e. The molecule has 15 heavy (non-hydrogen) atoms. The fraction of sp³-hybridized carbons (Fsp3) is 0.727. The SMILES string of the molecule is C=CC(=O)OC(CC1CO1)C1CCCO1. The van der Waals surface area contributed by atoms with Gasteiger partial charge in [-0.25, -0.2) is 4.79 Å². The zero-order valence-corrected chi connectivity index (χ0v) is 8.69. The first-order valence-corrected chi connectivity index (χ1v) is 5.36. The molecular formula is C11H16O4. The Morgan fingerprint density at radius 3 is 2.93 bits per heavy atom. The second kappa shape index (κ2) is 4.77. The fourth-order valence-electron chi connectivity index (χ4n) is 1.83. The first-order valence-electron chi connectivity index (χ1n) is 5.36. The monoisotopic (exact) mass is 212 g/mol. The van der Waals surface area contributed by atoms with Gasteiger partial charge in [0.2, 0.25) is 0 Å². The average Bonchev–Trinajstić information content (AvgIpc) is 2.89. The first-order chi connectivity index (χ1) is 7.29. The zero-order valence-electron chi connectivity index (χ0n) is 8.69. The van der Waals surface area contributed by atoms with E-state index in [1.54, 1.807) is 0 Å². The van der Waals surface area contributed by atoms with Crippen molar-refractivity contribution in [3.05, 3.63) is 12.7 Å². The minimum Gasteiger partial charge on any atom is -0.456 e. The minimum absolute atomic E-state index is 0.0399. The average molecular weight is 212 g/mol. The van der Waals surface area contributed by atoms with E-state index in [-0.39, 0.29) is 24.3 Å². The quantitative estimate of drug-likeness (QED) is 0.388. The molecule has 0 amide bonds. The Labute approximate surface area is 89.2 Å². The van der Waals surface area contributed by atoms with Crippen molar-refractivity contribution in [1.29, 1.82) is 0 Å². The van der Waals surface area contributed by atoms with E-state index in [0.717, 1.165) is 32.5 Å². The second-order valence-electron chi connectivity index (χ2n) is 3.92. The number of hydrogen-bond donors (Lipinski definition) is 0. The van der Waals surface area contributed by atoms with Gasteiger partial charge in [0, 0.05) is 19.1 Å². The molecule has 0 aromatic rings. The third-order valence-electron chi connectivity index (χ3n) is 2.71. The van der Waals surface area contributed by atoms with E-state index in [0.29, 0.717) is 0 Å². The molecule has 3 unspecified atom stereocenters. The van der Waals surface area contributed by atoms with Crippen molar-refractivity contribution < 1.29 is 19.0 Å². The number of esters is 1. The van der Waals surface area contributed by atoms with Gasteiger partial charge in [-0.15, -0.1) is 0 Å². The lowest BCUT2D eigenvalue weighted by Crippen LogP contribution is -2.31. The summed E-state index contributed by atoms with van der Waals surface area (Å²) in [6.45, 7) is 4.92. The highest BCUT2D eigenvalue weighted by Crippen LogP contribution is 2.25. The van der Waals surface area contributed by atoms with Crippen LogP contribution in [0.4, 0.5) is 0 Å². The van der Waals surface area contributed by atoms with Crippen molar-refractivity contribution in [2.24, 2.45) is 0 Å². The van der Waals surface area contributed by atoms with Crippen molar-refractivity contribution >= 4 is 5.97 Å². The van der Waals surface area contributed by atoms with Crippen LogP contribution in [0.1, 0.15) is 19.3 Å². The Balaban J connectivity index is 1.87. The number of rotatable bonds is 5. The first kappa shape index (κ1) is 10.6. The summed E-state index contributed by atoms with van der Waals surface area (Å²) in [6, 6.07) is 0. The van der Waals surface area contributed by atoms with Gasteiger partial charge in [0.15, 0.2) is 0 Å². The number of carbonyl (C=O) groups is 1. The van der Waals surface area contributed by atoms with E-state index >= 15 is 0 Å². The number of ether oxygens (including phenoxy) is 3. The van der Waals surface area contributed by atoms with Gasteiger partial charge in [0.25, 0.3) is 0 Å². The van der Waals surface area contributed by atoms with Crippen LogP contribution in [0.5, 0.6) is 0 Å². The lowest BCUT2D eigenvalue weighted by molar-refractivity contribution is -0.150. The van der Waals surface area contributed by atoms with Gasteiger partial charge >= 0.3 is 5.97 Å². The summed E-state index contributed by atoms with van der Waals surface area (Å²) in [5, 5.41) is 0. The van der Waals surface area contributed by atoms with Crippen molar-refractivity contribution in [1.82, 2.24) is 0 Å². The fourth-order valence-corrected chi connectivity index (χ4v) is 1.83. The lowest BCUT2D eigenvalue weighted by atomic mass is 10.1. The summed E-state index contributed by atoms with van der Waals surface area (Å²) in [4.78, 5) is 11.1. The molecular weight excluding hydrogens is 196 g/mol. The van der Waals surface area contributed by atoms with Gasteiger partial charge in [0.1, 0.15) is 6.10 Å². The highest BCUT2D eigenvalue weighted by molar-refractivity contribution is 5.81. The summed E-state index contributed by atoms with van der Waals surface area (Å²) in [6.07, 6.45) is 4.04. The minimum atomic E-state index is -0.379. The lowest BCUT2D eigenvalue weighted by Gasteiger charge is -2.21. The number of hydrogen-bond acceptors (Lipinski definition) is 4. The summed E-state index contributed by atoms with van der Waals surface area (Å²) in [5.41, 5.74) is 0. The molecule has 0 radical (unpaired) electrons. The van der Waals surface area contributed by atoms with E-state index < -0.39 is 0 Å². The number of epoxide rings is 1. The molecule has 0 bridgehead atoms. The van der Waals surface area contributed by atoms with E-state index in [1.165, 1.54) is 6.08 Å². The predicted molar refractivity (Wildman–Crippen MR) is 53.4 cm³/mol. The van der Waals surface area contributed by atoms with Gasteiger partial charge < -0.3 is 14.2 Å².